The summed E-state index contributed by atoms with van der Waals surface area (Å²) in [5, 5.41) is 6.34. The fraction of sp³-hybridized carbons (Fsp3) is 0.467. The minimum Gasteiger partial charge on any atom is -0.470 e. The van der Waals surface area contributed by atoms with E-state index >= 15 is 0 Å². The van der Waals surface area contributed by atoms with Crippen LogP contribution in [0.2, 0.25) is 0 Å². The number of halogens is 1. The zero-order valence-corrected chi connectivity index (χ0v) is 23.6. The average Bonchev–Trinajstić information content (AvgIpc) is 2.86. The zero-order chi connectivity index (χ0) is 26.2. The van der Waals surface area contributed by atoms with Gasteiger partial charge in [-0.1, -0.05) is 93.4 Å². The fourth-order valence-corrected chi connectivity index (χ4v) is 3.36. The van der Waals surface area contributed by atoms with Crippen molar-refractivity contribution in [2.24, 2.45) is 0 Å². The van der Waals surface area contributed by atoms with Gasteiger partial charge in [0.15, 0.2) is 0 Å². The van der Waals surface area contributed by atoms with E-state index in [-0.39, 0.29) is 0 Å². The molecule has 0 aliphatic heterocycles. The molecule has 4 heteroatoms. The highest BCUT2D eigenvalue weighted by atomic mass is 79.9. The highest BCUT2D eigenvalue weighted by Crippen LogP contribution is 2.26. The quantitative estimate of drug-likeness (QED) is 0.0970. The summed E-state index contributed by atoms with van der Waals surface area (Å²) in [6.07, 6.45) is 19.3. The Balaban J connectivity index is 0. The van der Waals surface area contributed by atoms with Crippen LogP contribution in [-0.4, -0.2) is 20.1 Å². The largest absolute Gasteiger partial charge is 0.470 e. The normalized spacial score (nSPS) is 10.1. The van der Waals surface area contributed by atoms with Gasteiger partial charge in [0.2, 0.25) is 0 Å². The molecule has 0 bridgehead atoms. The van der Waals surface area contributed by atoms with E-state index in [4.69, 9.17) is 4.74 Å². The number of allylic oxidation sites excluding steroid dienone is 3. The molecule has 1 aromatic carbocycles. The number of hydrogen-bond donors (Lipinski definition) is 2. The summed E-state index contributed by atoms with van der Waals surface area (Å²) >= 11 is 3.57. The first kappa shape index (κ1) is 34.0. The predicted molar refractivity (Wildman–Crippen MR) is 156 cm³/mol. The molecule has 0 unspecified atom stereocenters. The van der Waals surface area contributed by atoms with Crippen molar-refractivity contribution in [3.05, 3.63) is 77.3 Å². The molecule has 0 saturated carbocycles. The van der Waals surface area contributed by atoms with E-state index in [2.05, 4.69) is 84.3 Å². The lowest BCUT2D eigenvalue weighted by Crippen LogP contribution is -2.19. The first-order valence-corrected chi connectivity index (χ1v) is 13.0. The van der Waals surface area contributed by atoms with Crippen molar-refractivity contribution >= 4 is 21.5 Å². The van der Waals surface area contributed by atoms with Gasteiger partial charge < -0.3 is 15.4 Å². The first-order valence-electron chi connectivity index (χ1n) is 12.2. The molecule has 0 heterocycles. The Morgan fingerprint density at radius 2 is 1.65 bits per heavy atom. The standard InChI is InChI=1S/C15H21Br.C13H24N2O.C2H2/c1-3-4-5-6-7-10-13(2)14-11-8-9-12-15(14)16;1-6-12(3)16-10-11(2)13(4)15-9-7-8-14-5;1-2/h8-9,11-12H,2-7,10H2,1H3;10,14-15H,3-4,6-9H2,1-2,5H3;1-2H/b;11-10+;. The Morgan fingerprint density at radius 3 is 2.24 bits per heavy atom. The third-order valence-corrected chi connectivity index (χ3v) is 5.74. The Labute approximate surface area is 219 Å². The molecule has 0 atom stereocenters. The average molecular weight is 532 g/mol. The third kappa shape index (κ3) is 18.2. The van der Waals surface area contributed by atoms with Crippen molar-refractivity contribution in [3.63, 3.8) is 0 Å². The molecule has 190 valence electrons. The molecule has 0 saturated heterocycles. The van der Waals surface area contributed by atoms with Crippen molar-refractivity contribution in [1.29, 1.82) is 0 Å². The van der Waals surface area contributed by atoms with Gasteiger partial charge in [0, 0.05) is 28.7 Å². The number of terminal acetylenes is 1. The van der Waals surface area contributed by atoms with Gasteiger partial charge in [0.25, 0.3) is 0 Å². The molecule has 2 N–H and O–H groups in total. The van der Waals surface area contributed by atoms with E-state index in [1.165, 1.54) is 43.2 Å². The number of nitrogens with one attached hydrogen (secondary N) is 2. The minimum atomic E-state index is 0.766. The number of unbranched alkanes of at least 4 members (excludes halogenated alkanes) is 4. The predicted octanol–water partition coefficient (Wildman–Crippen LogP) is 8.62. The van der Waals surface area contributed by atoms with Crippen LogP contribution in [0.15, 0.2) is 71.8 Å². The molecule has 0 spiro atoms. The van der Waals surface area contributed by atoms with Crippen molar-refractivity contribution in [3.8, 4) is 12.8 Å². The molecule has 34 heavy (non-hydrogen) atoms. The maximum Gasteiger partial charge on any atom is 0.0957 e. The second-order valence-electron chi connectivity index (χ2n) is 7.92. The fourth-order valence-electron chi connectivity index (χ4n) is 2.79. The number of hydrogen-bond acceptors (Lipinski definition) is 3. The van der Waals surface area contributed by atoms with E-state index in [0.29, 0.717) is 0 Å². The van der Waals surface area contributed by atoms with Crippen LogP contribution in [0.1, 0.15) is 77.7 Å². The maximum atomic E-state index is 5.33. The minimum absolute atomic E-state index is 0.766. The summed E-state index contributed by atoms with van der Waals surface area (Å²) in [5.41, 5.74) is 4.42. The van der Waals surface area contributed by atoms with Crippen LogP contribution >= 0.6 is 15.9 Å². The van der Waals surface area contributed by atoms with Gasteiger partial charge in [-0.15, -0.1) is 12.8 Å². The number of rotatable bonds is 16. The molecule has 0 radical (unpaired) electrons. The number of benzene rings is 1. The SMILES string of the molecule is C#C.C=C(CC)O/C=C(\C)C(=C)NCCCNC.C=C(CCCCCCC)c1ccccc1Br. The Bertz CT molecular complexity index is 749. The molecular formula is C30H47BrN2O. The second kappa shape index (κ2) is 23.9. The van der Waals surface area contributed by atoms with Gasteiger partial charge in [0.1, 0.15) is 0 Å². The van der Waals surface area contributed by atoms with Crippen molar-refractivity contribution in [1.82, 2.24) is 10.6 Å². The monoisotopic (exact) mass is 530 g/mol. The lowest BCUT2D eigenvalue weighted by molar-refractivity contribution is 0.336. The van der Waals surface area contributed by atoms with Crippen molar-refractivity contribution in [2.75, 3.05) is 20.1 Å². The molecule has 0 amide bonds. The van der Waals surface area contributed by atoms with E-state index < -0.39 is 0 Å². The molecule has 0 aliphatic carbocycles. The van der Waals surface area contributed by atoms with Crippen molar-refractivity contribution in [2.45, 2.75) is 72.1 Å². The molecule has 1 aromatic rings. The van der Waals surface area contributed by atoms with Crippen LogP contribution in [0.3, 0.4) is 0 Å². The van der Waals surface area contributed by atoms with Crippen LogP contribution in [-0.2, 0) is 4.74 Å². The Hall–Kier alpha value is -2.22. The van der Waals surface area contributed by atoms with Crippen molar-refractivity contribution < 1.29 is 4.74 Å². The van der Waals surface area contributed by atoms with E-state index in [1.807, 2.05) is 27.0 Å². The van der Waals surface area contributed by atoms with Crippen LogP contribution in [0, 0.1) is 12.8 Å². The zero-order valence-electron chi connectivity index (χ0n) is 22.0. The van der Waals surface area contributed by atoms with Crippen LogP contribution < -0.4 is 10.6 Å². The summed E-state index contributed by atoms with van der Waals surface area (Å²) in [6, 6.07) is 8.33. The Kier molecular flexibility index (Phi) is 23.9. The van der Waals surface area contributed by atoms with Crippen LogP contribution in [0.25, 0.3) is 5.57 Å². The number of ether oxygens (including phenoxy) is 1. The molecular weight excluding hydrogens is 484 g/mol. The maximum absolute atomic E-state index is 5.33. The molecule has 0 aliphatic rings. The lowest BCUT2D eigenvalue weighted by atomic mass is 10.0. The summed E-state index contributed by atoms with van der Waals surface area (Å²) in [6.45, 7) is 20.0. The summed E-state index contributed by atoms with van der Waals surface area (Å²) in [5.74, 6) is 0.766. The summed E-state index contributed by atoms with van der Waals surface area (Å²) < 4.78 is 6.49. The van der Waals surface area contributed by atoms with Crippen LogP contribution in [0.5, 0.6) is 0 Å². The van der Waals surface area contributed by atoms with Gasteiger partial charge in [-0.2, -0.15) is 0 Å². The lowest BCUT2D eigenvalue weighted by Gasteiger charge is -2.10. The molecule has 0 aromatic heterocycles. The summed E-state index contributed by atoms with van der Waals surface area (Å²) in [7, 11) is 1.95. The van der Waals surface area contributed by atoms with Gasteiger partial charge >= 0.3 is 0 Å². The summed E-state index contributed by atoms with van der Waals surface area (Å²) in [4.78, 5) is 0. The van der Waals surface area contributed by atoms with E-state index in [9.17, 15) is 0 Å². The molecule has 0 fully saturated rings. The Morgan fingerprint density at radius 1 is 1.00 bits per heavy atom. The van der Waals surface area contributed by atoms with Gasteiger partial charge in [-0.3, -0.25) is 0 Å². The third-order valence-electron chi connectivity index (χ3n) is 5.05. The first-order chi connectivity index (χ1) is 16.4. The van der Waals surface area contributed by atoms with Gasteiger partial charge in [-0.05, 0) is 57.0 Å². The van der Waals surface area contributed by atoms with E-state index in [1.54, 1.807) is 6.26 Å². The van der Waals surface area contributed by atoms with Gasteiger partial charge in [-0.25, -0.2) is 0 Å². The van der Waals surface area contributed by atoms with E-state index in [0.717, 1.165) is 53.9 Å². The van der Waals surface area contributed by atoms with Gasteiger partial charge in [0.05, 0.1) is 12.0 Å². The molecule has 3 nitrogen and oxygen atoms in total. The highest BCUT2D eigenvalue weighted by molar-refractivity contribution is 9.10. The topological polar surface area (TPSA) is 33.3 Å². The highest BCUT2D eigenvalue weighted by Gasteiger charge is 2.02. The smallest absolute Gasteiger partial charge is 0.0957 e. The second-order valence-corrected chi connectivity index (χ2v) is 8.78. The molecule has 1 rings (SSSR count). The van der Waals surface area contributed by atoms with Crippen LogP contribution in [0.4, 0.5) is 0 Å².